The first-order chi connectivity index (χ1) is 9.89. The van der Waals surface area contributed by atoms with Crippen LogP contribution in [0.1, 0.15) is 33.1 Å². The number of carbonyl (C=O) groups is 1. The Morgan fingerprint density at radius 1 is 1.33 bits per heavy atom. The highest BCUT2D eigenvalue weighted by atomic mass is 32.2. The van der Waals surface area contributed by atoms with E-state index in [0.717, 1.165) is 25.8 Å². The number of amides is 1. The third kappa shape index (κ3) is 3.44. The zero-order valence-corrected chi connectivity index (χ0v) is 13.3. The van der Waals surface area contributed by atoms with Gasteiger partial charge in [-0.25, -0.2) is 8.42 Å². The highest BCUT2D eigenvalue weighted by Crippen LogP contribution is 2.25. The molecule has 1 fully saturated rings. The first-order valence-electron chi connectivity index (χ1n) is 7.27. The summed E-state index contributed by atoms with van der Waals surface area (Å²) in [6, 6.07) is 6.55. The normalized spacial score (nSPS) is 22.8. The van der Waals surface area contributed by atoms with Crippen molar-refractivity contribution in [2.24, 2.45) is 0 Å². The average Bonchev–Trinajstić information content (AvgIpc) is 2.48. The number of rotatable bonds is 4. The monoisotopic (exact) mass is 310 g/mol. The van der Waals surface area contributed by atoms with Crippen LogP contribution in [0.15, 0.2) is 29.2 Å². The molecule has 0 spiro atoms. The molecule has 1 aliphatic heterocycles. The van der Waals surface area contributed by atoms with Crippen molar-refractivity contribution >= 4 is 21.4 Å². The summed E-state index contributed by atoms with van der Waals surface area (Å²) in [5, 5.41) is 6.01. The van der Waals surface area contributed by atoms with Crippen LogP contribution in [0, 0.1) is 0 Å². The zero-order chi connectivity index (χ0) is 15.5. The van der Waals surface area contributed by atoms with Gasteiger partial charge in [0.15, 0.2) is 9.84 Å². The topological polar surface area (TPSA) is 75.3 Å². The molecular formula is C15H22N2O3S. The molecule has 1 saturated heterocycles. The summed E-state index contributed by atoms with van der Waals surface area (Å²) in [5.74, 6) is -0.170. The lowest BCUT2D eigenvalue weighted by Gasteiger charge is -2.33. The highest BCUT2D eigenvalue weighted by molar-refractivity contribution is 7.91. The largest absolute Gasteiger partial charge is 0.323 e. The number of hydrogen-bond donors (Lipinski definition) is 2. The summed E-state index contributed by atoms with van der Waals surface area (Å²) in [6.07, 6.45) is 2.80. The van der Waals surface area contributed by atoms with Gasteiger partial charge in [0.2, 0.25) is 5.91 Å². The van der Waals surface area contributed by atoms with Crippen molar-refractivity contribution in [1.29, 1.82) is 0 Å². The lowest BCUT2D eigenvalue weighted by atomic mass is 9.90. The van der Waals surface area contributed by atoms with E-state index in [-0.39, 0.29) is 16.6 Å². The van der Waals surface area contributed by atoms with Gasteiger partial charge >= 0.3 is 0 Å². The lowest BCUT2D eigenvalue weighted by molar-refractivity contribution is -0.122. The van der Waals surface area contributed by atoms with Crippen molar-refractivity contribution in [3.05, 3.63) is 24.3 Å². The van der Waals surface area contributed by atoms with Crippen LogP contribution in [0.5, 0.6) is 0 Å². The van der Waals surface area contributed by atoms with Gasteiger partial charge in [0.05, 0.1) is 21.9 Å². The summed E-state index contributed by atoms with van der Waals surface area (Å²) >= 11 is 0. The summed E-state index contributed by atoms with van der Waals surface area (Å²) in [5.41, 5.74) is -0.278. The van der Waals surface area contributed by atoms with Gasteiger partial charge in [-0.1, -0.05) is 19.1 Å². The van der Waals surface area contributed by atoms with E-state index < -0.39 is 15.4 Å². The highest BCUT2D eigenvalue weighted by Gasteiger charge is 2.34. The number of piperidine rings is 1. The van der Waals surface area contributed by atoms with Crippen molar-refractivity contribution in [1.82, 2.24) is 5.32 Å². The number of para-hydroxylation sites is 1. The van der Waals surface area contributed by atoms with Gasteiger partial charge in [0, 0.05) is 0 Å². The molecular weight excluding hydrogens is 288 g/mol. The smallest absolute Gasteiger partial charge is 0.244 e. The van der Waals surface area contributed by atoms with Crippen LogP contribution >= 0.6 is 0 Å². The molecule has 1 atom stereocenters. The average molecular weight is 310 g/mol. The molecule has 6 heteroatoms. The van der Waals surface area contributed by atoms with Crippen molar-refractivity contribution < 1.29 is 13.2 Å². The molecule has 116 valence electrons. The summed E-state index contributed by atoms with van der Waals surface area (Å²) in [4.78, 5) is 12.7. The first-order valence-corrected chi connectivity index (χ1v) is 8.92. The molecule has 1 aliphatic rings. The van der Waals surface area contributed by atoms with Gasteiger partial charge in [-0.3, -0.25) is 4.79 Å². The molecule has 2 rings (SSSR count). The molecule has 1 aromatic carbocycles. The van der Waals surface area contributed by atoms with Crippen LogP contribution in [0.3, 0.4) is 0 Å². The van der Waals surface area contributed by atoms with E-state index >= 15 is 0 Å². The van der Waals surface area contributed by atoms with E-state index in [1.54, 1.807) is 25.1 Å². The minimum Gasteiger partial charge on any atom is -0.323 e. The van der Waals surface area contributed by atoms with Crippen molar-refractivity contribution in [2.45, 2.75) is 43.5 Å². The maximum Gasteiger partial charge on any atom is 0.244 e. The fourth-order valence-corrected chi connectivity index (χ4v) is 3.56. The van der Waals surface area contributed by atoms with Gasteiger partial charge in [-0.15, -0.1) is 0 Å². The molecule has 0 saturated carbocycles. The summed E-state index contributed by atoms with van der Waals surface area (Å²) < 4.78 is 24.2. The standard InChI is InChI=1S/C15H22N2O3S/c1-3-21(19,20)13-9-5-4-8-12(13)17-14(18)15(2)10-6-7-11-16-15/h4-5,8-9,16H,3,6-7,10-11H2,1-2H3,(H,17,18). The van der Waals surface area contributed by atoms with Crippen molar-refractivity contribution in [2.75, 3.05) is 17.6 Å². The third-order valence-electron chi connectivity index (χ3n) is 3.97. The Balaban J connectivity index is 2.26. The second-order valence-electron chi connectivity index (χ2n) is 5.57. The molecule has 1 heterocycles. The fourth-order valence-electron chi connectivity index (χ4n) is 2.51. The van der Waals surface area contributed by atoms with Crippen molar-refractivity contribution in [3.8, 4) is 0 Å². The Bertz CT molecular complexity index is 620. The zero-order valence-electron chi connectivity index (χ0n) is 12.5. The Kier molecular flexibility index (Phi) is 4.68. The lowest BCUT2D eigenvalue weighted by Crippen LogP contribution is -2.54. The summed E-state index contributed by atoms with van der Waals surface area (Å²) in [7, 11) is -3.36. The second kappa shape index (κ2) is 6.15. The van der Waals surface area contributed by atoms with Gasteiger partial charge < -0.3 is 10.6 Å². The first kappa shape index (κ1) is 16.0. The molecule has 0 aromatic heterocycles. The Hall–Kier alpha value is -1.40. The summed E-state index contributed by atoms with van der Waals surface area (Å²) in [6.45, 7) is 4.26. The van der Waals surface area contributed by atoms with Gasteiger partial charge in [0.25, 0.3) is 0 Å². The number of carbonyl (C=O) groups excluding carboxylic acids is 1. The van der Waals surface area contributed by atoms with Gasteiger partial charge in [-0.05, 0) is 44.9 Å². The van der Waals surface area contributed by atoms with Crippen LogP contribution in [0.25, 0.3) is 0 Å². The predicted octanol–water partition coefficient (Wildman–Crippen LogP) is 1.95. The molecule has 5 nitrogen and oxygen atoms in total. The minimum absolute atomic E-state index is 0.00933. The van der Waals surface area contributed by atoms with Crippen LogP contribution in [-0.4, -0.2) is 32.2 Å². The van der Waals surface area contributed by atoms with Gasteiger partial charge in [0.1, 0.15) is 0 Å². The third-order valence-corrected chi connectivity index (χ3v) is 5.76. The van der Waals surface area contributed by atoms with Crippen molar-refractivity contribution in [3.63, 3.8) is 0 Å². The number of hydrogen-bond acceptors (Lipinski definition) is 4. The van der Waals surface area contributed by atoms with E-state index in [9.17, 15) is 13.2 Å². The molecule has 1 unspecified atom stereocenters. The minimum atomic E-state index is -3.36. The maximum absolute atomic E-state index is 12.5. The fraction of sp³-hybridized carbons (Fsp3) is 0.533. The van der Waals surface area contributed by atoms with E-state index in [4.69, 9.17) is 0 Å². The van der Waals surface area contributed by atoms with Crippen LogP contribution in [0.4, 0.5) is 5.69 Å². The van der Waals surface area contributed by atoms with Crippen LogP contribution in [0.2, 0.25) is 0 Å². The van der Waals surface area contributed by atoms with E-state index in [2.05, 4.69) is 10.6 Å². The van der Waals surface area contributed by atoms with E-state index in [1.165, 1.54) is 6.07 Å². The van der Waals surface area contributed by atoms with E-state index in [1.807, 2.05) is 6.92 Å². The number of sulfone groups is 1. The molecule has 1 aromatic rings. The van der Waals surface area contributed by atoms with E-state index in [0.29, 0.717) is 5.69 Å². The number of benzene rings is 1. The van der Waals surface area contributed by atoms with Crippen LogP contribution < -0.4 is 10.6 Å². The maximum atomic E-state index is 12.5. The SMILES string of the molecule is CCS(=O)(=O)c1ccccc1NC(=O)C1(C)CCCCN1. The molecule has 0 bridgehead atoms. The number of anilines is 1. The molecule has 21 heavy (non-hydrogen) atoms. The Labute approximate surface area is 126 Å². The Morgan fingerprint density at radius 2 is 2.05 bits per heavy atom. The molecule has 2 N–H and O–H groups in total. The predicted molar refractivity (Wildman–Crippen MR) is 83.1 cm³/mol. The molecule has 1 amide bonds. The molecule has 0 radical (unpaired) electrons. The molecule has 0 aliphatic carbocycles. The quantitative estimate of drug-likeness (QED) is 0.891. The Morgan fingerprint density at radius 3 is 2.67 bits per heavy atom. The second-order valence-corrected chi connectivity index (χ2v) is 7.82. The number of nitrogens with one attached hydrogen (secondary N) is 2. The van der Waals surface area contributed by atoms with Crippen LogP contribution in [-0.2, 0) is 14.6 Å². The van der Waals surface area contributed by atoms with Gasteiger partial charge in [-0.2, -0.15) is 0 Å².